The molecule has 1 aromatic heterocycles. The molecule has 0 bridgehead atoms. The number of methoxy groups -OCH3 is 1. The molecule has 0 spiro atoms. The zero-order chi connectivity index (χ0) is 20.7. The Bertz CT molecular complexity index is 928. The molecule has 3 aliphatic rings. The van der Waals surface area contributed by atoms with Gasteiger partial charge in [0.15, 0.2) is 0 Å². The maximum atomic E-state index is 13.3. The Balaban J connectivity index is 1.40. The predicted molar refractivity (Wildman–Crippen MR) is 118 cm³/mol. The molecule has 2 aliphatic carbocycles. The summed E-state index contributed by atoms with van der Waals surface area (Å²) in [7, 11) is 1.75. The van der Waals surface area contributed by atoms with Crippen molar-refractivity contribution in [3.8, 4) is 5.75 Å². The highest BCUT2D eigenvalue weighted by molar-refractivity contribution is 5.79. The number of likely N-dealkylation sites (tertiary alicyclic amines) is 1. The Morgan fingerprint density at radius 1 is 1.23 bits per heavy atom. The van der Waals surface area contributed by atoms with Gasteiger partial charge in [0.1, 0.15) is 5.75 Å². The fourth-order valence-corrected chi connectivity index (χ4v) is 6.73. The number of pyridine rings is 1. The van der Waals surface area contributed by atoms with Gasteiger partial charge in [-0.1, -0.05) is 12.1 Å². The number of hydrogen-bond donors (Lipinski definition) is 0. The van der Waals surface area contributed by atoms with Crippen LogP contribution in [0.15, 0.2) is 42.6 Å². The Hall–Kier alpha value is -2.36. The smallest absolute Gasteiger partial charge is 0.229 e. The minimum atomic E-state index is -0.0186. The number of aryl methyl sites for hydroxylation is 1. The molecule has 1 amide bonds. The molecule has 2 fully saturated rings. The first-order chi connectivity index (χ1) is 14.6. The van der Waals surface area contributed by atoms with Crippen LogP contribution in [-0.2, 0) is 17.6 Å². The van der Waals surface area contributed by atoms with Gasteiger partial charge in [0.05, 0.1) is 13.5 Å². The standard InChI is InChI=1S/C26H32N2O2/c1-26-13-12-22-21-11-9-20(30-2)16-18(21)8-10-23(22)24(26)7-5-15-28(26)25(29)17-19-6-3-4-14-27-19/h3-4,6,9,11,14,16,22-24H,5,7-8,10,12-13,15,17H2,1-2H3/t22-,23-,24+,26-/m1/s1. The summed E-state index contributed by atoms with van der Waals surface area (Å²) in [4.78, 5) is 19.9. The second-order valence-corrected chi connectivity index (χ2v) is 9.56. The first-order valence-corrected chi connectivity index (χ1v) is 11.5. The van der Waals surface area contributed by atoms with Crippen LogP contribution in [0.2, 0.25) is 0 Å². The van der Waals surface area contributed by atoms with Crippen molar-refractivity contribution in [3.05, 3.63) is 59.4 Å². The van der Waals surface area contributed by atoms with Crippen LogP contribution in [0.4, 0.5) is 0 Å². The van der Waals surface area contributed by atoms with Gasteiger partial charge in [-0.15, -0.1) is 0 Å². The Morgan fingerprint density at radius 2 is 2.13 bits per heavy atom. The molecule has 4 atom stereocenters. The van der Waals surface area contributed by atoms with E-state index in [0.29, 0.717) is 24.2 Å². The molecule has 30 heavy (non-hydrogen) atoms. The fourth-order valence-electron chi connectivity index (χ4n) is 6.73. The summed E-state index contributed by atoms with van der Waals surface area (Å²) < 4.78 is 5.46. The van der Waals surface area contributed by atoms with Crippen molar-refractivity contribution >= 4 is 5.91 Å². The van der Waals surface area contributed by atoms with Crippen LogP contribution in [0, 0.1) is 11.8 Å². The highest BCUT2D eigenvalue weighted by Crippen LogP contribution is 2.56. The lowest BCUT2D eigenvalue weighted by Gasteiger charge is -2.58. The maximum absolute atomic E-state index is 13.3. The fraction of sp³-hybridized carbons (Fsp3) is 0.538. The normalized spacial score (nSPS) is 30.1. The Kier molecular flexibility index (Phi) is 5.04. The SMILES string of the molecule is COc1ccc2c(c1)CC[C@@H]1[C@@H]2CC[C@]2(C)[C@H]1CCCN2C(=O)Cc1ccccn1. The van der Waals surface area contributed by atoms with E-state index in [1.54, 1.807) is 13.3 Å². The number of aromatic nitrogens is 1. The zero-order valence-electron chi connectivity index (χ0n) is 18.1. The summed E-state index contributed by atoms with van der Waals surface area (Å²) in [5.41, 5.74) is 3.86. The molecule has 4 nitrogen and oxygen atoms in total. The molecule has 1 aromatic carbocycles. The first kappa shape index (κ1) is 19.6. The molecule has 5 rings (SSSR count). The van der Waals surface area contributed by atoms with E-state index in [-0.39, 0.29) is 11.4 Å². The van der Waals surface area contributed by atoms with E-state index in [4.69, 9.17) is 4.74 Å². The molecule has 1 aliphatic heterocycles. The van der Waals surface area contributed by atoms with Crippen molar-refractivity contribution in [2.24, 2.45) is 11.8 Å². The molecule has 1 saturated carbocycles. The lowest BCUT2D eigenvalue weighted by Crippen LogP contribution is -2.62. The van der Waals surface area contributed by atoms with Gasteiger partial charge in [-0.3, -0.25) is 9.78 Å². The third kappa shape index (κ3) is 3.21. The molecular formula is C26H32N2O2. The van der Waals surface area contributed by atoms with E-state index in [0.717, 1.165) is 37.3 Å². The van der Waals surface area contributed by atoms with Crippen molar-refractivity contribution < 1.29 is 9.53 Å². The third-order valence-corrected chi connectivity index (χ3v) is 8.16. The molecule has 2 aromatic rings. The molecule has 2 heterocycles. The average molecular weight is 405 g/mol. The highest BCUT2D eigenvalue weighted by Gasteiger charge is 2.53. The second-order valence-electron chi connectivity index (χ2n) is 9.56. The van der Waals surface area contributed by atoms with Gasteiger partial charge in [-0.05, 0) is 98.6 Å². The Morgan fingerprint density at radius 3 is 2.93 bits per heavy atom. The van der Waals surface area contributed by atoms with Crippen LogP contribution in [0.1, 0.15) is 61.8 Å². The maximum Gasteiger partial charge on any atom is 0.229 e. The van der Waals surface area contributed by atoms with Crippen LogP contribution in [0.3, 0.4) is 0 Å². The Labute approximate surface area is 179 Å². The van der Waals surface area contributed by atoms with Crippen LogP contribution < -0.4 is 4.74 Å². The number of benzene rings is 1. The van der Waals surface area contributed by atoms with Gasteiger partial charge in [0.2, 0.25) is 5.91 Å². The number of ether oxygens (including phenoxy) is 1. The number of rotatable bonds is 3. The van der Waals surface area contributed by atoms with Crippen molar-refractivity contribution in [1.29, 1.82) is 0 Å². The summed E-state index contributed by atoms with van der Waals surface area (Å²) in [5, 5.41) is 0. The zero-order valence-corrected chi connectivity index (χ0v) is 18.1. The summed E-state index contributed by atoms with van der Waals surface area (Å²) in [6.07, 6.45) is 9.18. The number of hydrogen-bond acceptors (Lipinski definition) is 3. The molecular weight excluding hydrogens is 372 g/mol. The van der Waals surface area contributed by atoms with Crippen molar-refractivity contribution in [3.63, 3.8) is 0 Å². The summed E-state index contributed by atoms with van der Waals surface area (Å²) in [6, 6.07) is 12.5. The van der Waals surface area contributed by atoms with Gasteiger partial charge in [-0.25, -0.2) is 0 Å². The van der Waals surface area contributed by atoms with Crippen molar-refractivity contribution in [2.75, 3.05) is 13.7 Å². The van der Waals surface area contributed by atoms with E-state index in [9.17, 15) is 4.79 Å². The molecule has 0 unspecified atom stereocenters. The quantitative estimate of drug-likeness (QED) is 0.740. The predicted octanol–water partition coefficient (Wildman–Crippen LogP) is 4.77. The molecule has 158 valence electrons. The summed E-state index contributed by atoms with van der Waals surface area (Å²) >= 11 is 0. The molecule has 4 heteroatoms. The van der Waals surface area contributed by atoms with Crippen molar-refractivity contribution in [1.82, 2.24) is 9.88 Å². The number of piperidine rings is 1. The number of amides is 1. The highest BCUT2D eigenvalue weighted by atomic mass is 16.5. The summed E-state index contributed by atoms with van der Waals surface area (Å²) in [5.74, 6) is 3.11. The molecule has 0 radical (unpaired) electrons. The minimum Gasteiger partial charge on any atom is -0.497 e. The van der Waals surface area contributed by atoms with Crippen LogP contribution in [-0.4, -0.2) is 35.0 Å². The van der Waals surface area contributed by atoms with Gasteiger partial charge >= 0.3 is 0 Å². The lowest BCUT2D eigenvalue weighted by molar-refractivity contribution is -0.147. The van der Waals surface area contributed by atoms with Crippen LogP contribution >= 0.6 is 0 Å². The monoisotopic (exact) mass is 404 g/mol. The van der Waals surface area contributed by atoms with Gasteiger partial charge in [-0.2, -0.15) is 0 Å². The number of carbonyl (C=O) groups is 1. The number of fused-ring (bicyclic) bond motifs is 5. The topological polar surface area (TPSA) is 42.4 Å². The largest absolute Gasteiger partial charge is 0.497 e. The average Bonchev–Trinajstić information content (AvgIpc) is 2.78. The number of nitrogens with zero attached hydrogens (tertiary/aromatic N) is 2. The van der Waals surface area contributed by atoms with Gasteiger partial charge in [0, 0.05) is 24.0 Å². The lowest BCUT2D eigenvalue weighted by atomic mass is 9.55. The van der Waals surface area contributed by atoms with Crippen LogP contribution in [0.25, 0.3) is 0 Å². The molecule has 0 N–H and O–H groups in total. The summed E-state index contributed by atoms with van der Waals surface area (Å²) in [6.45, 7) is 3.26. The van der Waals surface area contributed by atoms with Gasteiger partial charge < -0.3 is 9.64 Å². The van der Waals surface area contributed by atoms with Crippen LogP contribution in [0.5, 0.6) is 5.75 Å². The van der Waals surface area contributed by atoms with E-state index in [2.05, 4.69) is 35.0 Å². The second kappa shape index (κ2) is 7.72. The van der Waals surface area contributed by atoms with E-state index in [1.807, 2.05) is 18.2 Å². The van der Waals surface area contributed by atoms with Gasteiger partial charge in [0.25, 0.3) is 0 Å². The van der Waals surface area contributed by atoms with E-state index >= 15 is 0 Å². The first-order valence-electron chi connectivity index (χ1n) is 11.5. The molecule has 1 saturated heterocycles. The van der Waals surface area contributed by atoms with Crippen molar-refractivity contribution in [2.45, 2.75) is 63.3 Å². The van der Waals surface area contributed by atoms with E-state index < -0.39 is 0 Å². The van der Waals surface area contributed by atoms with E-state index in [1.165, 1.54) is 30.4 Å². The third-order valence-electron chi connectivity index (χ3n) is 8.16. The minimum absolute atomic E-state index is 0.0186. The number of carbonyl (C=O) groups excluding carboxylic acids is 1.